The number of nitrogens with one attached hydrogen (secondary N) is 2. The molecule has 4 N–H and O–H groups in total. The lowest BCUT2D eigenvalue weighted by Crippen LogP contribution is -2.49. The van der Waals surface area contributed by atoms with E-state index in [9.17, 15) is 18.0 Å². The molecular formula is C11H22N4O4S. The van der Waals surface area contributed by atoms with Gasteiger partial charge in [0, 0.05) is 19.1 Å². The summed E-state index contributed by atoms with van der Waals surface area (Å²) in [7, 11) is -3.21. The van der Waals surface area contributed by atoms with E-state index in [0.29, 0.717) is 25.9 Å². The van der Waals surface area contributed by atoms with Gasteiger partial charge in [-0.2, -0.15) is 0 Å². The van der Waals surface area contributed by atoms with Crippen LogP contribution in [-0.4, -0.2) is 63.1 Å². The second kappa shape index (κ2) is 7.55. The highest BCUT2D eigenvalue weighted by molar-refractivity contribution is 7.89. The highest BCUT2D eigenvalue weighted by Gasteiger charge is 2.25. The third-order valence-electron chi connectivity index (χ3n) is 3.20. The molecule has 1 heterocycles. The molecule has 0 unspecified atom stereocenters. The predicted octanol–water partition coefficient (Wildman–Crippen LogP) is -2.01. The molecule has 1 aliphatic heterocycles. The van der Waals surface area contributed by atoms with Gasteiger partial charge in [-0.25, -0.2) is 13.1 Å². The number of carbonyl (C=O) groups is 2. The lowest BCUT2D eigenvalue weighted by atomic mass is 10.1. The Morgan fingerprint density at radius 3 is 2.40 bits per heavy atom. The highest BCUT2D eigenvalue weighted by atomic mass is 32.2. The van der Waals surface area contributed by atoms with Gasteiger partial charge in [0.25, 0.3) is 0 Å². The topological polar surface area (TPSA) is 122 Å². The van der Waals surface area contributed by atoms with E-state index < -0.39 is 10.0 Å². The van der Waals surface area contributed by atoms with Crippen LogP contribution in [0.5, 0.6) is 0 Å². The summed E-state index contributed by atoms with van der Waals surface area (Å²) in [6, 6.07) is -0.123. The molecule has 1 aliphatic rings. The van der Waals surface area contributed by atoms with E-state index >= 15 is 0 Å². The third kappa shape index (κ3) is 5.43. The summed E-state index contributed by atoms with van der Waals surface area (Å²) in [4.78, 5) is 24.4. The van der Waals surface area contributed by atoms with E-state index in [1.165, 1.54) is 0 Å². The number of piperidine rings is 1. The van der Waals surface area contributed by atoms with Crippen molar-refractivity contribution in [2.75, 3.05) is 31.9 Å². The zero-order chi connectivity index (χ0) is 15.2. The molecular weight excluding hydrogens is 284 g/mol. The van der Waals surface area contributed by atoms with Gasteiger partial charge in [0.1, 0.15) is 0 Å². The average Bonchev–Trinajstić information content (AvgIpc) is 2.44. The molecule has 0 aliphatic carbocycles. The minimum atomic E-state index is -3.21. The van der Waals surface area contributed by atoms with E-state index in [0.717, 1.165) is 0 Å². The van der Waals surface area contributed by atoms with Crippen LogP contribution in [0.1, 0.15) is 19.8 Å². The second-order valence-corrected chi connectivity index (χ2v) is 6.70. The van der Waals surface area contributed by atoms with E-state index in [-0.39, 0.29) is 36.7 Å². The molecule has 0 saturated carbocycles. The standard InChI is InChI=1S/C11H22N4O4S/c1-2-20(18,19)14-9-3-5-15(6-4-9)11(17)8-13-10(16)7-12/h9,14H,2-8,12H2,1H3,(H,13,16). The quantitative estimate of drug-likeness (QED) is 0.523. The molecule has 0 aromatic heterocycles. The molecule has 2 amide bonds. The van der Waals surface area contributed by atoms with Crippen molar-refractivity contribution in [2.24, 2.45) is 5.73 Å². The van der Waals surface area contributed by atoms with Gasteiger partial charge >= 0.3 is 0 Å². The van der Waals surface area contributed by atoms with Crippen LogP contribution < -0.4 is 15.8 Å². The first-order valence-corrected chi connectivity index (χ1v) is 8.27. The number of rotatable bonds is 6. The molecule has 1 saturated heterocycles. The van der Waals surface area contributed by atoms with Gasteiger partial charge in [-0.1, -0.05) is 0 Å². The molecule has 0 aromatic carbocycles. The number of nitrogens with zero attached hydrogens (tertiary/aromatic N) is 1. The Morgan fingerprint density at radius 1 is 1.30 bits per heavy atom. The summed E-state index contributed by atoms with van der Waals surface area (Å²) in [5.41, 5.74) is 5.12. The first-order valence-electron chi connectivity index (χ1n) is 6.62. The fourth-order valence-electron chi connectivity index (χ4n) is 1.94. The number of nitrogens with two attached hydrogens (primary N) is 1. The lowest BCUT2D eigenvalue weighted by molar-refractivity contribution is -0.133. The number of sulfonamides is 1. The van der Waals surface area contributed by atoms with Gasteiger partial charge < -0.3 is 16.0 Å². The van der Waals surface area contributed by atoms with Crippen LogP contribution in [0.15, 0.2) is 0 Å². The molecule has 1 fully saturated rings. The van der Waals surface area contributed by atoms with Gasteiger partial charge in [0.2, 0.25) is 21.8 Å². The summed E-state index contributed by atoms with van der Waals surface area (Å²) in [6.45, 7) is 2.33. The fraction of sp³-hybridized carbons (Fsp3) is 0.818. The van der Waals surface area contributed by atoms with Crippen molar-refractivity contribution in [2.45, 2.75) is 25.8 Å². The molecule has 0 atom stereocenters. The molecule has 9 heteroatoms. The first kappa shape index (κ1) is 16.9. The van der Waals surface area contributed by atoms with Crippen molar-refractivity contribution in [1.82, 2.24) is 14.9 Å². The molecule has 8 nitrogen and oxygen atoms in total. The Morgan fingerprint density at radius 2 is 1.90 bits per heavy atom. The van der Waals surface area contributed by atoms with Crippen molar-refractivity contribution in [3.8, 4) is 0 Å². The largest absolute Gasteiger partial charge is 0.346 e. The van der Waals surface area contributed by atoms with Gasteiger partial charge in [-0.3, -0.25) is 9.59 Å². The molecule has 1 rings (SSSR count). The highest BCUT2D eigenvalue weighted by Crippen LogP contribution is 2.11. The summed E-state index contributed by atoms with van der Waals surface area (Å²) in [5.74, 6) is -0.496. The van der Waals surface area contributed by atoms with Crippen molar-refractivity contribution in [1.29, 1.82) is 0 Å². The van der Waals surface area contributed by atoms with E-state index in [1.54, 1.807) is 11.8 Å². The van der Waals surface area contributed by atoms with E-state index in [1.807, 2.05) is 0 Å². The number of amides is 2. The number of hydrogen-bond acceptors (Lipinski definition) is 5. The molecule has 0 radical (unpaired) electrons. The second-order valence-electron chi connectivity index (χ2n) is 4.66. The van der Waals surface area contributed by atoms with E-state index in [4.69, 9.17) is 5.73 Å². The minimum Gasteiger partial charge on any atom is -0.346 e. The minimum absolute atomic E-state index is 0.0528. The Bertz CT molecular complexity index is 443. The molecule has 116 valence electrons. The summed E-state index contributed by atoms with van der Waals surface area (Å²) >= 11 is 0. The van der Waals surface area contributed by atoms with Crippen LogP contribution in [0.3, 0.4) is 0 Å². The monoisotopic (exact) mass is 306 g/mol. The smallest absolute Gasteiger partial charge is 0.241 e. The van der Waals surface area contributed by atoms with Crippen LogP contribution in [0.2, 0.25) is 0 Å². The fourth-order valence-corrected chi connectivity index (χ4v) is 2.85. The zero-order valence-corrected chi connectivity index (χ0v) is 12.4. The van der Waals surface area contributed by atoms with Crippen LogP contribution in [0.4, 0.5) is 0 Å². The van der Waals surface area contributed by atoms with Crippen LogP contribution in [0.25, 0.3) is 0 Å². The van der Waals surface area contributed by atoms with Crippen molar-refractivity contribution >= 4 is 21.8 Å². The first-order chi connectivity index (χ1) is 9.38. The maximum atomic E-state index is 11.8. The Hall–Kier alpha value is -1.19. The average molecular weight is 306 g/mol. The normalized spacial score (nSPS) is 17.0. The number of carbonyl (C=O) groups excluding carboxylic acids is 2. The molecule has 20 heavy (non-hydrogen) atoms. The van der Waals surface area contributed by atoms with Crippen LogP contribution in [0, 0.1) is 0 Å². The molecule has 0 bridgehead atoms. The van der Waals surface area contributed by atoms with Gasteiger partial charge in [-0.15, -0.1) is 0 Å². The maximum absolute atomic E-state index is 11.8. The summed E-state index contributed by atoms with van der Waals surface area (Å²) in [5, 5.41) is 2.42. The Balaban J connectivity index is 2.35. The SMILES string of the molecule is CCS(=O)(=O)NC1CCN(C(=O)CNC(=O)CN)CC1. The van der Waals surface area contributed by atoms with Crippen LogP contribution in [-0.2, 0) is 19.6 Å². The van der Waals surface area contributed by atoms with Gasteiger partial charge in [-0.05, 0) is 19.8 Å². The Labute approximate surface area is 119 Å². The van der Waals surface area contributed by atoms with E-state index in [2.05, 4.69) is 10.0 Å². The lowest BCUT2D eigenvalue weighted by Gasteiger charge is -2.32. The van der Waals surface area contributed by atoms with Crippen molar-refractivity contribution in [3.05, 3.63) is 0 Å². The van der Waals surface area contributed by atoms with Crippen LogP contribution >= 0.6 is 0 Å². The molecule has 0 spiro atoms. The van der Waals surface area contributed by atoms with Gasteiger partial charge in [0.05, 0.1) is 18.8 Å². The summed E-state index contributed by atoms with van der Waals surface area (Å²) in [6.07, 6.45) is 1.16. The number of likely N-dealkylation sites (tertiary alicyclic amines) is 1. The van der Waals surface area contributed by atoms with Gasteiger partial charge in [0.15, 0.2) is 0 Å². The summed E-state index contributed by atoms with van der Waals surface area (Å²) < 4.78 is 25.5. The van der Waals surface area contributed by atoms with Crippen molar-refractivity contribution < 1.29 is 18.0 Å². The Kier molecular flexibility index (Phi) is 6.37. The third-order valence-corrected chi connectivity index (χ3v) is 4.65. The van der Waals surface area contributed by atoms with Crippen molar-refractivity contribution in [3.63, 3.8) is 0 Å². The predicted molar refractivity (Wildman–Crippen MR) is 74.3 cm³/mol. The molecule has 0 aromatic rings. The zero-order valence-electron chi connectivity index (χ0n) is 11.6. The number of hydrogen-bond donors (Lipinski definition) is 3. The maximum Gasteiger partial charge on any atom is 0.241 e.